The van der Waals surface area contributed by atoms with Crippen LogP contribution in [0.4, 0.5) is 0 Å². The molecule has 0 bridgehead atoms. The van der Waals surface area contributed by atoms with Gasteiger partial charge < -0.3 is 9.51 Å². The minimum Gasteiger partial charge on any atom is -0.481 e. The standard InChI is InChI=1S/C11H13N3O2/c1-7(2)11-13-8(5-10(15)16)9-6-12-3-4-14(9)11/h3-4,6-7H,5H2,1-2H3,(H,15,16). The lowest BCUT2D eigenvalue weighted by atomic mass is 10.2. The smallest absolute Gasteiger partial charge is 0.309 e. The molecule has 0 amide bonds. The van der Waals surface area contributed by atoms with Gasteiger partial charge >= 0.3 is 5.97 Å². The van der Waals surface area contributed by atoms with Crippen LogP contribution in [0.15, 0.2) is 18.6 Å². The summed E-state index contributed by atoms with van der Waals surface area (Å²) in [5.74, 6) is 0.241. The summed E-state index contributed by atoms with van der Waals surface area (Å²) in [6, 6.07) is 0. The Balaban J connectivity index is 2.62. The molecule has 0 aliphatic carbocycles. The Labute approximate surface area is 92.8 Å². The summed E-state index contributed by atoms with van der Waals surface area (Å²) in [6.07, 6.45) is 5.06. The molecule has 2 aromatic rings. The molecule has 84 valence electrons. The fourth-order valence-corrected chi connectivity index (χ4v) is 1.70. The molecular formula is C11H13N3O2. The van der Waals surface area contributed by atoms with Crippen LogP contribution in [0.5, 0.6) is 0 Å². The number of carboxylic acid groups (broad SMARTS) is 1. The molecule has 2 aromatic heterocycles. The van der Waals surface area contributed by atoms with Gasteiger partial charge in [0.25, 0.3) is 0 Å². The maximum atomic E-state index is 10.7. The zero-order chi connectivity index (χ0) is 11.7. The topological polar surface area (TPSA) is 67.5 Å². The van der Waals surface area contributed by atoms with Crippen LogP contribution in [-0.2, 0) is 11.2 Å². The predicted octanol–water partition coefficient (Wildman–Crippen LogP) is 1.48. The number of fused-ring (bicyclic) bond motifs is 1. The fourth-order valence-electron chi connectivity index (χ4n) is 1.70. The van der Waals surface area contributed by atoms with Gasteiger partial charge in [0.1, 0.15) is 5.82 Å². The third-order valence-electron chi connectivity index (χ3n) is 2.39. The van der Waals surface area contributed by atoms with E-state index in [-0.39, 0.29) is 12.3 Å². The molecule has 2 rings (SSSR count). The molecule has 0 spiro atoms. The third-order valence-corrected chi connectivity index (χ3v) is 2.39. The summed E-state index contributed by atoms with van der Waals surface area (Å²) in [4.78, 5) is 19.1. The van der Waals surface area contributed by atoms with Crippen molar-refractivity contribution in [3.05, 3.63) is 30.1 Å². The molecule has 0 fully saturated rings. The van der Waals surface area contributed by atoms with Crippen LogP contribution in [0.25, 0.3) is 5.52 Å². The normalized spacial score (nSPS) is 11.2. The summed E-state index contributed by atoms with van der Waals surface area (Å²) in [6.45, 7) is 4.06. The van der Waals surface area contributed by atoms with Crippen molar-refractivity contribution in [1.29, 1.82) is 0 Å². The van der Waals surface area contributed by atoms with Crippen molar-refractivity contribution >= 4 is 11.5 Å². The molecular weight excluding hydrogens is 206 g/mol. The highest BCUT2D eigenvalue weighted by atomic mass is 16.4. The average Bonchev–Trinajstić information content (AvgIpc) is 2.57. The number of imidazole rings is 1. The maximum Gasteiger partial charge on any atom is 0.309 e. The van der Waals surface area contributed by atoms with E-state index in [1.54, 1.807) is 12.4 Å². The summed E-state index contributed by atoms with van der Waals surface area (Å²) in [5.41, 5.74) is 1.35. The Morgan fingerprint density at radius 1 is 1.56 bits per heavy atom. The molecule has 0 saturated carbocycles. The van der Waals surface area contributed by atoms with Crippen molar-refractivity contribution < 1.29 is 9.90 Å². The maximum absolute atomic E-state index is 10.7. The van der Waals surface area contributed by atoms with Crippen LogP contribution >= 0.6 is 0 Å². The molecule has 0 saturated heterocycles. The number of carbonyl (C=O) groups is 1. The van der Waals surface area contributed by atoms with Crippen molar-refractivity contribution in [3.8, 4) is 0 Å². The Hall–Kier alpha value is -1.91. The lowest BCUT2D eigenvalue weighted by Crippen LogP contribution is -2.01. The molecule has 0 unspecified atom stereocenters. The zero-order valence-corrected chi connectivity index (χ0v) is 9.21. The molecule has 5 heteroatoms. The summed E-state index contributed by atoms with van der Waals surface area (Å²) in [5, 5.41) is 8.80. The summed E-state index contributed by atoms with van der Waals surface area (Å²) in [7, 11) is 0. The Bertz CT molecular complexity index is 531. The van der Waals surface area contributed by atoms with Gasteiger partial charge in [-0.25, -0.2) is 4.98 Å². The SMILES string of the molecule is CC(C)c1nc(CC(=O)O)c2cnccn12. The van der Waals surface area contributed by atoms with Crippen LogP contribution in [-0.4, -0.2) is 25.4 Å². The van der Waals surface area contributed by atoms with Gasteiger partial charge in [0.2, 0.25) is 0 Å². The second-order valence-corrected chi connectivity index (χ2v) is 3.97. The third kappa shape index (κ3) is 1.76. The van der Waals surface area contributed by atoms with E-state index in [4.69, 9.17) is 5.11 Å². The summed E-state index contributed by atoms with van der Waals surface area (Å²) >= 11 is 0. The molecule has 0 atom stereocenters. The van der Waals surface area contributed by atoms with E-state index in [1.807, 2.05) is 24.4 Å². The lowest BCUT2D eigenvalue weighted by molar-refractivity contribution is -0.136. The number of hydrogen-bond donors (Lipinski definition) is 1. The van der Waals surface area contributed by atoms with Crippen molar-refractivity contribution in [1.82, 2.24) is 14.4 Å². The monoisotopic (exact) mass is 219 g/mol. The molecule has 1 N–H and O–H groups in total. The fraction of sp³-hybridized carbons (Fsp3) is 0.364. The molecule has 2 heterocycles. The highest BCUT2D eigenvalue weighted by Gasteiger charge is 2.15. The van der Waals surface area contributed by atoms with Gasteiger partial charge in [-0.05, 0) is 0 Å². The van der Waals surface area contributed by atoms with E-state index in [0.29, 0.717) is 5.69 Å². The van der Waals surface area contributed by atoms with Gasteiger partial charge in [0.05, 0.1) is 23.8 Å². The van der Waals surface area contributed by atoms with E-state index in [2.05, 4.69) is 9.97 Å². The van der Waals surface area contributed by atoms with E-state index in [1.165, 1.54) is 0 Å². The predicted molar refractivity (Wildman–Crippen MR) is 58.4 cm³/mol. The number of rotatable bonds is 3. The van der Waals surface area contributed by atoms with Crippen molar-refractivity contribution in [2.24, 2.45) is 0 Å². The number of nitrogens with zero attached hydrogens (tertiary/aromatic N) is 3. The van der Waals surface area contributed by atoms with Crippen LogP contribution in [0, 0.1) is 0 Å². The van der Waals surface area contributed by atoms with E-state index >= 15 is 0 Å². The first kappa shape index (κ1) is 10.6. The van der Waals surface area contributed by atoms with Crippen molar-refractivity contribution in [2.45, 2.75) is 26.2 Å². The highest BCUT2D eigenvalue weighted by Crippen LogP contribution is 2.18. The van der Waals surface area contributed by atoms with Crippen LogP contribution in [0.1, 0.15) is 31.3 Å². The number of hydrogen-bond acceptors (Lipinski definition) is 3. The van der Waals surface area contributed by atoms with Crippen LogP contribution in [0.2, 0.25) is 0 Å². The van der Waals surface area contributed by atoms with Gasteiger partial charge in [-0.15, -0.1) is 0 Å². The van der Waals surface area contributed by atoms with Gasteiger partial charge in [-0.1, -0.05) is 13.8 Å². The van der Waals surface area contributed by atoms with E-state index in [9.17, 15) is 4.79 Å². The number of aromatic nitrogens is 3. The van der Waals surface area contributed by atoms with Gasteiger partial charge in [-0.2, -0.15) is 0 Å². The van der Waals surface area contributed by atoms with Gasteiger partial charge in [0.15, 0.2) is 0 Å². The van der Waals surface area contributed by atoms with Crippen LogP contribution < -0.4 is 0 Å². The molecule has 0 aliphatic rings. The second kappa shape index (κ2) is 3.92. The average molecular weight is 219 g/mol. The largest absolute Gasteiger partial charge is 0.481 e. The number of carboxylic acids is 1. The minimum atomic E-state index is -0.876. The van der Waals surface area contributed by atoms with Gasteiger partial charge in [-0.3, -0.25) is 9.78 Å². The quantitative estimate of drug-likeness (QED) is 0.849. The second-order valence-electron chi connectivity index (χ2n) is 3.97. The molecule has 5 nitrogen and oxygen atoms in total. The molecule has 0 aromatic carbocycles. The number of aliphatic carboxylic acids is 1. The zero-order valence-electron chi connectivity index (χ0n) is 9.21. The first-order chi connectivity index (χ1) is 7.59. The van der Waals surface area contributed by atoms with Crippen molar-refractivity contribution in [2.75, 3.05) is 0 Å². The molecule has 0 radical (unpaired) electrons. The Morgan fingerprint density at radius 2 is 2.31 bits per heavy atom. The van der Waals surface area contributed by atoms with E-state index in [0.717, 1.165) is 11.3 Å². The van der Waals surface area contributed by atoms with Gasteiger partial charge in [0, 0.05) is 18.3 Å². The first-order valence-electron chi connectivity index (χ1n) is 5.12. The Kier molecular flexibility index (Phi) is 2.60. The minimum absolute atomic E-state index is 0.0675. The first-order valence-corrected chi connectivity index (χ1v) is 5.12. The summed E-state index contributed by atoms with van der Waals surface area (Å²) < 4.78 is 1.90. The molecule has 0 aliphatic heterocycles. The molecule has 16 heavy (non-hydrogen) atoms. The Morgan fingerprint density at radius 3 is 2.94 bits per heavy atom. The lowest BCUT2D eigenvalue weighted by Gasteiger charge is -2.02. The van der Waals surface area contributed by atoms with Crippen LogP contribution in [0.3, 0.4) is 0 Å². The van der Waals surface area contributed by atoms with Crippen molar-refractivity contribution in [3.63, 3.8) is 0 Å². The van der Waals surface area contributed by atoms with E-state index < -0.39 is 5.97 Å². The highest BCUT2D eigenvalue weighted by molar-refractivity contribution is 5.73.